The van der Waals surface area contributed by atoms with E-state index in [0.29, 0.717) is 0 Å². The van der Waals surface area contributed by atoms with Gasteiger partial charge in [-0.25, -0.2) is 0 Å². The maximum Gasteiger partial charge on any atom is 0.0507 e. The molecule has 0 aliphatic carbocycles. The Hall–Kier alpha value is -0.160. The number of nitrogens with one attached hydrogen (secondary N) is 1. The van der Waals surface area contributed by atoms with Crippen LogP contribution in [0.25, 0.3) is 0 Å². The minimum Gasteiger partial charge on any atom is -0.381 e. The first-order valence-corrected chi connectivity index (χ1v) is 7.54. The van der Waals surface area contributed by atoms with E-state index in [1.165, 1.54) is 45.4 Å². The number of hydrogen-bond acceptors (Lipinski definition) is 4. The summed E-state index contributed by atoms with van der Waals surface area (Å²) in [5, 5.41) is 3.55. The average Bonchev–Trinajstić information content (AvgIpc) is 3.04. The predicted molar refractivity (Wildman–Crippen MR) is 75.0 cm³/mol. The zero-order valence-corrected chi connectivity index (χ0v) is 11.9. The zero-order valence-electron chi connectivity index (χ0n) is 11.9. The molecule has 2 rings (SSSR count). The molecule has 2 heterocycles. The van der Waals surface area contributed by atoms with E-state index >= 15 is 0 Å². The van der Waals surface area contributed by atoms with E-state index in [-0.39, 0.29) is 0 Å². The van der Waals surface area contributed by atoms with Crippen LogP contribution in [0.3, 0.4) is 0 Å². The van der Waals surface area contributed by atoms with Gasteiger partial charge in [0.25, 0.3) is 0 Å². The van der Waals surface area contributed by atoms with E-state index < -0.39 is 0 Å². The minimum absolute atomic E-state index is 0.750. The monoisotopic (exact) mass is 255 g/mol. The fourth-order valence-electron chi connectivity index (χ4n) is 2.75. The Morgan fingerprint density at radius 3 is 2.83 bits per heavy atom. The molecule has 2 fully saturated rings. The van der Waals surface area contributed by atoms with Crippen LogP contribution in [-0.4, -0.2) is 75.9 Å². The Morgan fingerprint density at radius 2 is 2.11 bits per heavy atom. The Kier molecular flexibility index (Phi) is 6.41. The lowest BCUT2D eigenvalue weighted by Gasteiger charge is -2.21. The molecule has 1 unspecified atom stereocenters. The van der Waals surface area contributed by atoms with Gasteiger partial charge in [-0.2, -0.15) is 0 Å². The summed E-state index contributed by atoms with van der Waals surface area (Å²) in [6.07, 6.45) is 4.03. The third-order valence-electron chi connectivity index (χ3n) is 4.12. The molecule has 4 nitrogen and oxygen atoms in total. The van der Waals surface area contributed by atoms with Gasteiger partial charge in [-0.1, -0.05) is 0 Å². The van der Waals surface area contributed by atoms with Crippen LogP contribution in [0, 0.1) is 5.92 Å². The first-order valence-electron chi connectivity index (χ1n) is 7.54. The molecular weight excluding hydrogens is 226 g/mol. The molecule has 0 saturated carbocycles. The van der Waals surface area contributed by atoms with Gasteiger partial charge in [-0.05, 0) is 45.3 Å². The standard InChI is InChI=1S/C14H29N3O/c1-16(9-10-17-6-2-3-7-17)8-5-15-12-14-4-11-18-13-14/h14-15H,2-13H2,1H3. The summed E-state index contributed by atoms with van der Waals surface area (Å²) in [7, 11) is 2.23. The summed E-state index contributed by atoms with van der Waals surface area (Å²) in [5.41, 5.74) is 0. The maximum atomic E-state index is 5.37. The second kappa shape index (κ2) is 8.10. The Bertz CT molecular complexity index is 213. The molecule has 2 saturated heterocycles. The number of likely N-dealkylation sites (tertiary alicyclic amines) is 1. The van der Waals surface area contributed by atoms with Gasteiger partial charge < -0.3 is 19.9 Å². The molecule has 0 aromatic rings. The molecule has 2 aliphatic heterocycles. The molecule has 0 aromatic carbocycles. The van der Waals surface area contributed by atoms with E-state index in [0.717, 1.165) is 38.8 Å². The SMILES string of the molecule is CN(CCNCC1CCOC1)CCN1CCCC1. The highest BCUT2D eigenvalue weighted by Crippen LogP contribution is 2.10. The third-order valence-corrected chi connectivity index (χ3v) is 4.12. The van der Waals surface area contributed by atoms with Gasteiger partial charge in [0.1, 0.15) is 0 Å². The average molecular weight is 255 g/mol. The van der Waals surface area contributed by atoms with E-state index in [9.17, 15) is 0 Å². The molecule has 0 amide bonds. The number of ether oxygens (including phenoxy) is 1. The number of likely N-dealkylation sites (N-methyl/N-ethyl adjacent to an activating group) is 1. The highest BCUT2D eigenvalue weighted by Gasteiger charge is 2.15. The van der Waals surface area contributed by atoms with Gasteiger partial charge in [0, 0.05) is 39.3 Å². The zero-order chi connectivity index (χ0) is 12.6. The minimum atomic E-state index is 0.750. The molecule has 2 aliphatic rings. The number of nitrogens with zero attached hydrogens (tertiary/aromatic N) is 2. The summed E-state index contributed by atoms with van der Waals surface area (Å²) >= 11 is 0. The van der Waals surface area contributed by atoms with Crippen LogP contribution in [0.4, 0.5) is 0 Å². The highest BCUT2D eigenvalue weighted by atomic mass is 16.5. The van der Waals surface area contributed by atoms with Gasteiger partial charge in [0.15, 0.2) is 0 Å². The number of hydrogen-bond donors (Lipinski definition) is 1. The van der Waals surface area contributed by atoms with Crippen LogP contribution >= 0.6 is 0 Å². The summed E-state index contributed by atoms with van der Waals surface area (Å²) in [6, 6.07) is 0. The topological polar surface area (TPSA) is 27.7 Å². The lowest BCUT2D eigenvalue weighted by molar-refractivity contribution is 0.185. The first kappa shape index (κ1) is 14.3. The van der Waals surface area contributed by atoms with Crippen molar-refractivity contribution in [1.29, 1.82) is 0 Å². The summed E-state index contributed by atoms with van der Waals surface area (Å²) in [4.78, 5) is 5.02. The van der Waals surface area contributed by atoms with Gasteiger partial charge in [0.05, 0.1) is 6.61 Å². The quantitative estimate of drug-likeness (QED) is 0.644. The Balaban J connectivity index is 1.42. The lowest BCUT2D eigenvalue weighted by atomic mass is 10.1. The van der Waals surface area contributed by atoms with Crippen LogP contribution in [0.5, 0.6) is 0 Å². The second-order valence-electron chi connectivity index (χ2n) is 5.79. The van der Waals surface area contributed by atoms with Crippen molar-refractivity contribution in [3.05, 3.63) is 0 Å². The molecule has 1 atom stereocenters. The molecule has 4 heteroatoms. The molecule has 0 bridgehead atoms. The summed E-state index contributed by atoms with van der Waals surface area (Å²) in [5.74, 6) is 0.750. The van der Waals surface area contributed by atoms with Crippen molar-refractivity contribution in [2.75, 3.05) is 66.1 Å². The fourth-order valence-corrected chi connectivity index (χ4v) is 2.75. The van der Waals surface area contributed by atoms with Gasteiger partial charge in [-0.3, -0.25) is 0 Å². The third kappa shape index (κ3) is 5.22. The van der Waals surface area contributed by atoms with Crippen molar-refractivity contribution in [3.8, 4) is 0 Å². The molecule has 18 heavy (non-hydrogen) atoms. The predicted octanol–water partition coefficient (Wildman–Crippen LogP) is 0.640. The molecule has 0 spiro atoms. The second-order valence-corrected chi connectivity index (χ2v) is 5.79. The first-order chi connectivity index (χ1) is 8.84. The molecule has 1 N–H and O–H groups in total. The van der Waals surface area contributed by atoms with Crippen LogP contribution in [0.2, 0.25) is 0 Å². The Morgan fingerprint density at radius 1 is 1.28 bits per heavy atom. The van der Waals surface area contributed by atoms with Gasteiger partial charge >= 0.3 is 0 Å². The van der Waals surface area contributed by atoms with Crippen molar-refractivity contribution in [3.63, 3.8) is 0 Å². The van der Waals surface area contributed by atoms with Crippen molar-refractivity contribution >= 4 is 0 Å². The smallest absolute Gasteiger partial charge is 0.0507 e. The van der Waals surface area contributed by atoms with Crippen LogP contribution in [0.15, 0.2) is 0 Å². The number of rotatable bonds is 8. The Labute approximate surface area is 112 Å². The van der Waals surface area contributed by atoms with Crippen LogP contribution < -0.4 is 5.32 Å². The van der Waals surface area contributed by atoms with Crippen molar-refractivity contribution < 1.29 is 4.74 Å². The molecule has 0 aromatic heterocycles. The van der Waals surface area contributed by atoms with Gasteiger partial charge in [-0.15, -0.1) is 0 Å². The summed E-state index contributed by atoms with van der Waals surface area (Å²) < 4.78 is 5.37. The van der Waals surface area contributed by atoms with Crippen molar-refractivity contribution in [2.24, 2.45) is 5.92 Å². The van der Waals surface area contributed by atoms with Crippen LogP contribution in [0.1, 0.15) is 19.3 Å². The normalized spacial score (nSPS) is 25.3. The van der Waals surface area contributed by atoms with E-state index in [1.54, 1.807) is 0 Å². The van der Waals surface area contributed by atoms with E-state index in [2.05, 4.69) is 22.2 Å². The largest absolute Gasteiger partial charge is 0.381 e. The van der Waals surface area contributed by atoms with Crippen molar-refractivity contribution in [2.45, 2.75) is 19.3 Å². The van der Waals surface area contributed by atoms with Gasteiger partial charge in [0.2, 0.25) is 0 Å². The van der Waals surface area contributed by atoms with Crippen molar-refractivity contribution in [1.82, 2.24) is 15.1 Å². The van der Waals surface area contributed by atoms with Crippen LogP contribution in [-0.2, 0) is 4.74 Å². The van der Waals surface area contributed by atoms with E-state index in [4.69, 9.17) is 4.74 Å². The summed E-state index contributed by atoms with van der Waals surface area (Å²) in [6.45, 7) is 10.4. The van der Waals surface area contributed by atoms with E-state index in [1.807, 2.05) is 0 Å². The molecule has 106 valence electrons. The maximum absolute atomic E-state index is 5.37. The highest BCUT2D eigenvalue weighted by molar-refractivity contribution is 4.69. The lowest BCUT2D eigenvalue weighted by Crippen LogP contribution is -2.36. The molecular formula is C14H29N3O. The fraction of sp³-hybridized carbons (Fsp3) is 1.00. The molecule has 0 radical (unpaired) electrons.